The molecule has 1 unspecified atom stereocenters. The molecular formula is C14H22N2O. The largest absolute Gasteiger partial charge is 0.379 e. The van der Waals surface area contributed by atoms with E-state index >= 15 is 0 Å². The van der Waals surface area contributed by atoms with Crippen molar-refractivity contribution in [1.29, 1.82) is 0 Å². The normalized spacial score (nSPS) is 23.9. The van der Waals surface area contributed by atoms with Gasteiger partial charge in [-0.3, -0.25) is 0 Å². The van der Waals surface area contributed by atoms with Gasteiger partial charge in [-0.25, -0.2) is 0 Å². The fourth-order valence-electron chi connectivity index (χ4n) is 2.39. The molecule has 3 heteroatoms. The van der Waals surface area contributed by atoms with Crippen LogP contribution in [0.4, 0.5) is 5.69 Å². The van der Waals surface area contributed by atoms with Gasteiger partial charge in [0.15, 0.2) is 0 Å². The van der Waals surface area contributed by atoms with Gasteiger partial charge in [0.25, 0.3) is 0 Å². The Hall–Kier alpha value is -1.06. The Kier molecular flexibility index (Phi) is 3.69. The van der Waals surface area contributed by atoms with Gasteiger partial charge in [-0.15, -0.1) is 0 Å². The molecule has 2 rings (SSSR count). The highest BCUT2D eigenvalue weighted by molar-refractivity contribution is 5.50. The number of nitrogens with zero attached hydrogens (tertiary/aromatic N) is 1. The topological polar surface area (TPSA) is 38.5 Å². The van der Waals surface area contributed by atoms with Crippen LogP contribution in [-0.2, 0) is 11.2 Å². The van der Waals surface area contributed by atoms with Gasteiger partial charge < -0.3 is 15.4 Å². The van der Waals surface area contributed by atoms with Crippen LogP contribution in [0.2, 0.25) is 0 Å². The van der Waals surface area contributed by atoms with E-state index in [4.69, 9.17) is 10.5 Å². The Balaban J connectivity index is 2.19. The van der Waals surface area contributed by atoms with E-state index in [0.29, 0.717) is 6.54 Å². The van der Waals surface area contributed by atoms with Crippen molar-refractivity contribution < 1.29 is 4.74 Å². The first-order valence-corrected chi connectivity index (χ1v) is 6.32. The average molecular weight is 234 g/mol. The Morgan fingerprint density at radius 2 is 2.06 bits per heavy atom. The molecule has 17 heavy (non-hydrogen) atoms. The molecule has 0 radical (unpaired) electrons. The summed E-state index contributed by atoms with van der Waals surface area (Å²) in [5.74, 6) is 0. The van der Waals surface area contributed by atoms with Gasteiger partial charge in [0.05, 0.1) is 12.1 Å². The Morgan fingerprint density at radius 1 is 1.35 bits per heavy atom. The molecular weight excluding hydrogens is 212 g/mol. The van der Waals surface area contributed by atoms with Gasteiger partial charge in [0.2, 0.25) is 0 Å². The quantitative estimate of drug-likeness (QED) is 0.863. The third-order valence-corrected chi connectivity index (χ3v) is 3.91. The van der Waals surface area contributed by atoms with Crippen LogP contribution in [-0.4, -0.2) is 32.3 Å². The summed E-state index contributed by atoms with van der Waals surface area (Å²) < 4.78 is 5.52. The van der Waals surface area contributed by atoms with Crippen LogP contribution in [0, 0.1) is 0 Å². The molecule has 1 fully saturated rings. The van der Waals surface area contributed by atoms with Crippen molar-refractivity contribution >= 4 is 5.69 Å². The lowest BCUT2D eigenvalue weighted by atomic mass is 9.96. The lowest BCUT2D eigenvalue weighted by Gasteiger charge is -2.38. The maximum Gasteiger partial charge on any atom is 0.0775 e. The van der Waals surface area contributed by atoms with E-state index in [0.717, 1.165) is 26.1 Å². The monoisotopic (exact) mass is 234 g/mol. The fourth-order valence-corrected chi connectivity index (χ4v) is 2.39. The van der Waals surface area contributed by atoms with Gasteiger partial charge in [0, 0.05) is 25.9 Å². The maximum absolute atomic E-state index is 5.94. The van der Waals surface area contributed by atoms with Crippen molar-refractivity contribution in [2.45, 2.75) is 25.3 Å². The third kappa shape index (κ3) is 2.31. The van der Waals surface area contributed by atoms with Crippen LogP contribution < -0.4 is 10.6 Å². The second kappa shape index (κ2) is 5.07. The van der Waals surface area contributed by atoms with E-state index in [2.05, 4.69) is 43.1 Å². The third-order valence-electron chi connectivity index (χ3n) is 3.91. The van der Waals surface area contributed by atoms with E-state index in [1.807, 2.05) is 0 Å². The van der Waals surface area contributed by atoms with Gasteiger partial charge in [-0.1, -0.05) is 19.1 Å². The van der Waals surface area contributed by atoms with Crippen LogP contribution >= 0.6 is 0 Å². The highest BCUT2D eigenvalue weighted by atomic mass is 16.5. The minimum absolute atomic E-state index is 0.0201. The molecule has 1 aromatic carbocycles. The van der Waals surface area contributed by atoms with Crippen LogP contribution in [0.1, 0.15) is 18.9 Å². The highest BCUT2D eigenvalue weighted by Crippen LogP contribution is 2.29. The number of nitrogens with two attached hydrogens (primary N) is 1. The zero-order chi connectivity index (χ0) is 12.3. The van der Waals surface area contributed by atoms with Crippen molar-refractivity contribution in [1.82, 2.24) is 0 Å². The number of anilines is 1. The first-order valence-electron chi connectivity index (χ1n) is 6.32. The molecule has 1 aromatic rings. The van der Waals surface area contributed by atoms with Crippen molar-refractivity contribution in [3.63, 3.8) is 0 Å². The minimum atomic E-state index is -0.0201. The molecule has 94 valence electrons. The number of hydrogen-bond acceptors (Lipinski definition) is 3. The number of ether oxygens (including phenoxy) is 1. The Labute approximate surface area is 104 Å². The summed E-state index contributed by atoms with van der Waals surface area (Å²) in [7, 11) is 2.11. The molecule has 0 saturated carbocycles. The van der Waals surface area contributed by atoms with E-state index in [1.54, 1.807) is 0 Å². The fraction of sp³-hybridized carbons (Fsp3) is 0.571. The van der Waals surface area contributed by atoms with Crippen LogP contribution in [0.15, 0.2) is 24.3 Å². The van der Waals surface area contributed by atoms with Crippen LogP contribution in [0.3, 0.4) is 0 Å². The Bertz CT molecular complexity index is 355. The number of benzene rings is 1. The van der Waals surface area contributed by atoms with E-state index in [-0.39, 0.29) is 5.54 Å². The van der Waals surface area contributed by atoms with Gasteiger partial charge in [-0.05, 0) is 30.5 Å². The van der Waals surface area contributed by atoms with E-state index < -0.39 is 0 Å². The molecule has 0 amide bonds. The van der Waals surface area contributed by atoms with Crippen molar-refractivity contribution in [3.8, 4) is 0 Å². The molecule has 0 bridgehead atoms. The summed E-state index contributed by atoms with van der Waals surface area (Å²) in [4.78, 5) is 2.28. The number of aryl methyl sites for hydroxylation is 1. The first kappa shape index (κ1) is 12.4. The molecule has 1 aliphatic rings. The average Bonchev–Trinajstić information content (AvgIpc) is 2.88. The molecule has 0 spiro atoms. The van der Waals surface area contributed by atoms with E-state index in [1.165, 1.54) is 11.3 Å². The molecule has 3 nitrogen and oxygen atoms in total. The summed E-state index contributed by atoms with van der Waals surface area (Å²) in [6.45, 7) is 4.36. The van der Waals surface area contributed by atoms with Crippen molar-refractivity contribution in [3.05, 3.63) is 29.8 Å². The summed E-state index contributed by atoms with van der Waals surface area (Å²) in [5.41, 5.74) is 8.51. The summed E-state index contributed by atoms with van der Waals surface area (Å²) in [5, 5.41) is 0. The Morgan fingerprint density at radius 3 is 2.53 bits per heavy atom. The van der Waals surface area contributed by atoms with Crippen LogP contribution in [0.25, 0.3) is 0 Å². The summed E-state index contributed by atoms with van der Waals surface area (Å²) in [6, 6.07) is 8.72. The van der Waals surface area contributed by atoms with Crippen LogP contribution in [0.5, 0.6) is 0 Å². The molecule has 0 aliphatic carbocycles. The molecule has 1 saturated heterocycles. The zero-order valence-corrected chi connectivity index (χ0v) is 10.8. The van der Waals surface area contributed by atoms with Crippen molar-refractivity contribution in [2.24, 2.45) is 5.73 Å². The lowest BCUT2D eigenvalue weighted by Crippen LogP contribution is -2.53. The highest BCUT2D eigenvalue weighted by Gasteiger charge is 2.37. The maximum atomic E-state index is 5.94. The summed E-state index contributed by atoms with van der Waals surface area (Å²) >= 11 is 0. The summed E-state index contributed by atoms with van der Waals surface area (Å²) in [6.07, 6.45) is 2.09. The molecule has 1 heterocycles. The smallest absolute Gasteiger partial charge is 0.0775 e. The minimum Gasteiger partial charge on any atom is -0.379 e. The standard InChI is InChI=1S/C14H22N2O/c1-3-12-4-6-13(7-5-12)16(2)14(10-15)8-9-17-11-14/h4-7H,3,8-11,15H2,1-2H3. The number of hydrogen-bond donors (Lipinski definition) is 1. The number of rotatable bonds is 4. The zero-order valence-electron chi connectivity index (χ0n) is 10.8. The van der Waals surface area contributed by atoms with Crippen molar-refractivity contribution in [2.75, 3.05) is 31.7 Å². The predicted octanol–water partition coefficient (Wildman–Crippen LogP) is 1.80. The van der Waals surface area contributed by atoms with Gasteiger partial charge in [0.1, 0.15) is 0 Å². The number of likely N-dealkylation sites (N-methyl/N-ethyl adjacent to an activating group) is 1. The molecule has 2 N–H and O–H groups in total. The van der Waals surface area contributed by atoms with Gasteiger partial charge in [-0.2, -0.15) is 0 Å². The lowest BCUT2D eigenvalue weighted by molar-refractivity contribution is 0.178. The van der Waals surface area contributed by atoms with E-state index in [9.17, 15) is 0 Å². The molecule has 1 atom stereocenters. The molecule has 1 aliphatic heterocycles. The SMILES string of the molecule is CCc1ccc(N(C)C2(CN)CCOC2)cc1. The second-order valence-corrected chi connectivity index (χ2v) is 4.81. The second-order valence-electron chi connectivity index (χ2n) is 4.81. The first-order chi connectivity index (χ1) is 8.22. The predicted molar refractivity (Wildman–Crippen MR) is 71.4 cm³/mol. The molecule has 0 aromatic heterocycles. The van der Waals surface area contributed by atoms with Gasteiger partial charge >= 0.3 is 0 Å².